The molecule has 0 aliphatic heterocycles. The monoisotopic (exact) mass is 204 g/mol. The molecule has 0 aromatic heterocycles. The standard InChI is InChI=1S/C13H20N2/c1-3-15(4-2)13-9-5-7-12(11-13)8-6-10-14/h5-9,11H,3-4,10,14H2,1-2H3/b8-6+. The van der Waals surface area contributed by atoms with Crippen molar-refractivity contribution < 1.29 is 0 Å². The van der Waals surface area contributed by atoms with Crippen LogP contribution in [-0.2, 0) is 0 Å². The molecule has 0 amide bonds. The Morgan fingerprint density at radius 1 is 1.27 bits per heavy atom. The Bertz CT molecular complexity index is 314. The van der Waals surface area contributed by atoms with Gasteiger partial charge in [-0.1, -0.05) is 24.3 Å². The zero-order valence-electron chi connectivity index (χ0n) is 9.61. The zero-order chi connectivity index (χ0) is 11.1. The number of nitrogens with zero attached hydrogens (tertiary/aromatic N) is 1. The molecule has 0 aliphatic carbocycles. The summed E-state index contributed by atoms with van der Waals surface area (Å²) in [6.45, 7) is 7.02. The number of hydrogen-bond acceptors (Lipinski definition) is 2. The van der Waals surface area contributed by atoms with Crippen molar-refractivity contribution in [1.82, 2.24) is 0 Å². The molecule has 0 saturated carbocycles. The highest BCUT2D eigenvalue weighted by atomic mass is 15.1. The SMILES string of the molecule is CCN(CC)c1cccc(/C=C/CN)c1. The lowest BCUT2D eigenvalue weighted by Gasteiger charge is -2.21. The first-order valence-electron chi connectivity index (χ1n) is 5.53. The van der Waals surface area contributed by atoms with Crippen LogP contribution in [-0.4, -0.2) is 19.6 Å². The summed E-state index contributed by atoms with van der Waals surface area (Å²) < 4.78 is 0. The van der Waals surface area contributed by atoms with Crippen LogP contribution >= 0.6 is 0 Å². The second-order valence-corrected chi connectivity index (χ2v) is 3.41. The van der Waals surface area contributed by atoms with Gasteiger partial charge in [0, 0.05) is 25.3 Å². The minimum atomic E-state index is 0.593. The van der Waals surface area contributed by atoms with Gasteiger partial charge in [-0.05, 0) is 31.5 Å². The van der Waals surface area contributed by atoms with Gasteiger partial charge in [-0.2, -0.15) is 0 Å². The van der Waals surface area contributed by atoms with Crippen LogP contribution in [0.2, 0.25) is 0 Å². The van der Waals surface area contributed by atoms with Gasteiger partial charge < -0.3 is 10.6 Å². The third kappa shape index (κ3) is 3.40. The summed E-state index contributed by atoms with van der Waals surface area (Å²) in [5.74, 6) is 0. The van der Waals surface area contributed by atoms with E-state index in [4.69, 9.17) is 5.73 Å². The lowest BCUT2D eigenvalue weighted by molar-refractivity contribution is 0.866. The maximum absolute atomic E-state index is 5.43. The van der Waals surface area contributed by atoms with Crippen molar-refractivity contribution in [3.05, 3.63) is 35.9 Å². The van der Waals surface area contributed by atoms with E-state index in [0.29, 0.717) is 6.54 Å². The first-order chi connectivity index (χ1) is 7.31. The molecule has 0 heterocycles. The molecule has 1 rings (SSSR count). The van der Waals surface area contributed by atoms with Crippen molar-refractivity contribution in [2.24, 2.45) is 5.73 Å². The van der Waals surface area contributed by atoms with Crippen molar-refractivity contribution in [2.75, 3.05) is 24.5 Å². The molecule has 82 valence electrons. The van der Waals surface area contributed by atoms with Gasteiger partial charge >= 0.3 is 0 Å². The fraction of sp³-hybridized carbons (Fsp3) is 0.385. The fourth-order valence-corrected chi connectivity index (χ4v) is 1.62. The molecular formula is C13H20N2. The Labute approximate surface area is 92.4 Å². The Morgan fingerprint density at radius 2 is 2.00 bits per heavy atom. The first-order valence-corrected chi connectivity index (χ1v) is 5.53. The van der Waals surface area contributed by atoms with Crippen LogP contribution in [0.25, 0.3) is 6.08 Å². The summed E-state index contributed by atoms with van der Waals surface area (Å²) in [5.41, 5.74) is 7.92. The molecule has 0 unspecified atom stereocenters. The minimum Gasteiger partial charge on any atom is -0.372 e. The normalized spacial score (nSPS) is 10.9. The number of benzene rings is 1. The summed E-state index contributed by atoms with van der Waals surface area (Å²) in [6, 6.07) is 8.52. The maximum Gasteiger partial charge on any atom is 0.0371 e. The van der Waals surface area contributed by atoms with E-state index in [2.05, 4.69) is 49.1 Å². The van der Waals surface area contributed by atoms with Crippen LogP contribution in [0.3, 0.4) is 0 Å². The molecular weight excluding hydrogens is 184 g/mol. The van der Waals surface area contributed by atoms with Crippen molar-refractivity contribution in [1.29, 1.82) is 0 Å². The summed E-state index contributed by atoms with van der Waals surface area (Å²) in [5, 5.41) is 0. The van der Waals surface area contributed by atoms with Gasteiger partial charge in [0.15, 0.2) is 0 Å². The average molecular weight is 204 g/mol. The van der Waals surface area contributed by atoms with Gasteiger partial charge in [0.25, 0.3) is 0 Å². The van der Waals surface area contributed by atoms with Crippen molar-refractivity contribution >= 4 is 11.8 Å². The van der Waals surface area contributed by atoms with E-state index < -0.39 is 0 Å². The van der Waals surface area contributed by atoms with Crippen molar-refractivity contribution in [3.63, 3.8) is 0 Å². The molecule has 2 heteroatoms. The van der Waals surface area contributed by atoms with E-state index >= 15 is 0 Å². The number of rotatable bonds is 5. The zero-order valence-corrected chi connectivity index (χ0v) is 9.61. The lowest BCUT2D eigenvalue weighted by atomic mass is 10.1. The molecule has 1 aromatic carbocycles. The van der Waals surface area contributed by atoms with Gasteiger partial charge in [0.05, 0.1) is 0 Å². The van der Waals surface area contributed by atoms with Gasteiger partial charge in [0.2, 0.25) is 0 Å². The van der Waals surface area contributed by atoms with Gasteiger partial charge in [-0.15, -0.1) is 0 Å². The smallest absolute Gasteiger partial charge is 0.0371 e. The van der Waals surface area contributed by atoms with Gasteiger partial charge in [-0.25, -0.2) is 0 Å². The van der Waals surface area contributed by atoms with Crippen LogP contribution in [0.5, 0.6) is 0 Å². The van der Waals surface area contributed by atoms with E-state index in [1.165, 1.54) is 11.3 Å². The molecule has 0 saturated heterocycles. The molecule has 0 fully saturated rings. The van der Waals surface area contributed by atoms with Crippen LogP contribution in [0.1, 0.15) is 19.4 Å². The fourth-order valence-electron chi connectivity index (χ4n) is 1.62. The van der Waals surface area contributed by atoms with Crippen molar-refractivity contribution in [2.45, 2.75) is 13.8 Å². The molecule has 1 aromatic rings. The van der Waals surface area contributed by atoms with Crippen LogP contribution in [0, 0.1) is 0 Å². The van der Waals surface area contributed by atoms with E-state index in [9.17, 15) is 0 Å². The second-order valence-electron chi connectivity index (χ2n) is 3.41. The van der Waals surface area contributed by atoms with E-state index in [0.717, 1.165) is 13.1 Å². The highest BCUT2D eigenvalue weighted by Crippen LogP contribution is 2.16. The maximum atomic E-state index is 5.43. The topological polar surface area (TPSA) is 29.3 Å². The summed E-state index contributed by atoms with van der Waals surface area (Å²) in [7, 11) is 0. The van der Waals surface area contributed by atoms with E-state index in [-0.39, 0.29) is 0 Å². The summed E-state index contributed by atoms with van der Waals surface area (Å²) in [6.07, 6.45) is 4.04. The highest BCUT2D eigenvalue weighted by Gasteiger charge is 2.00. The Hall–Kier alpha value is -1.28. The number of nitrogens with two attached hydrogens (primary N) is 1. The van der Waals surface area contributed by atoms with Crippen LogP contribution in [0.15, 0.2) is 30.3 Å². The Balaban J connectivity index is 2.86. The third-order valence-corrected chi connectivity index (χ3v) is 2.45. The molecule has 0 radical (unpaired) electrons. The number of hydrogen-bond donors (Lipinski definition) is 1. The summed E-state index contributed by atoms with van der Waals surface area (Å²) >= 11 is 0. The van der Waals surface area contributed by atoms with Gasteiger partial charge in [0.1, 0.15) is 0 Å². The Kier molecular flexibility index (Phi) is 4.91. The molecule has 0 atom stereocenters. The predicted octanol–water partition coefficient (Wildman–Crippen LogP) is 2.50. The number of anilines is 1. The van der Waals surface area contributed by atoms with Gasteiger partial charge in [-0.3, -0.25) is 0 Å². The summed E-state index contributed by atoms with van der Waals surface area (Å²) in [4.78, 5) is 2.33. The molecule has 2 nitrogen and oxygen atoms in total. The van der Waals surface area contributed by atoms with Crippen molar-refractivity contribution in [3.8, 4) is 0 Å². The second kappa shape index (κ2) is 6.25. The molecule has 0 spiro atoms. The lowest BCUT2D eigenvalue weighted by Crippen LogP contribution is -2.21. The van der Waals surface area contributed by atoms with E-state index in [1.807, 2.05) is 6.08 Å². The Morgan fingerprint density at radius 3 is 2.60 bits per heavy atom. The molecule has 0 aliphatic rings. The minimum absolute atomic E-state index is 0.593. The van der Waals surface area contributed by atoms with Crippen LogP contribution in [0.4, 0.5) is 5.69 Å². The predicted molar refractivity (Wildman–Crippen MR) is 68.1 cm³/mol. The molecule has 2 N–H and O–H groups in total. The van der Waals surface area contributed by atoms with Crippen LogP contribution < -0.4 is 10.6 Å². The molecule has 15 heavy (non-hydrogen) atoms. The largest absolute Gasteiger partial charge is 0.372 e. The first kappa shape index (κ1) is 11.8. The quantitative estimate of drug-likeness (QED) is 0.798. The average Bonchev–Trinajstić information content (AvgIpc) is 2.29. The third-order valence-electron chi connectivity index (χ3n) is 2.45. The van der Waals surface area contributed by atoms with E-state index in [1.54, 1.807) is 0 Å². The highest BCUT2D eigenvalue weighted by molar-refractivity contribution is 5.58. The molecule has 0 bridgehead atoms.